The summed E-state index contributed by atoms with van der Waals surface area (Å²) in [7, 11) is 0. The maximum atomic E-state index is 14.1. The zero-order valence-electron chi connectivity index (χ0n) is 23.5. The molecule has 1 aliphatic rings. The smallest absolute Gasteiger partial charge is 0.338 e. The highest BCUT2D eigenvalue weighted by Gasteiger charge is 2.35. The van der Waals surface area contributed by atoms with Crippen LogP contribution in [0.3, 0.4) is 0 Å². The fourth-order valence-electron chi connectivity index (χ4n) is 4.76. The van der Waals surface area contributed by atoms with Gasteiger partial charge in [-0.2, -0.15) is 0 Å². The molecule has 0 amide bonds. The van der Waals surface area contributed by atoms with Crippen LogP contribution in [0.15, 0.2) is 99.9 Å². The van der Waals surface area contributed by atoms with E-state index in [-0.39, 0.29) is 18.3 Å². The van der Waals surface area contributed by atoms with Gasteiger partial charge in [0.2, 0.25) is 0 Å². The molecule has 4 aromatic rings. The van der Waals surface area contributed by atoms with Crippen molar-refractivity contribution in [3.63, 3.8) is 0 Å². The van der Waals surface area contributed by atoms with E-state index in [1.54, 1.807) is 18.4 Å². The van der Waals surface area contributed by atoms with E-state index in [1.165, 1.54) is 11.3 Å². The summed E-state index contributed by atoms with van der Waals surface area (Å²) < 4.78 is 19.7. The van der Waals surface area contributed by atoms with Crippen LogP contribution in [0.4, 0.5) is 0 Å². The highest BCUT2D eigenvalue weighted by molar-refractivity contribution is 7.07. The first kappa shape index (κ1) is 28.1. The van der Waals surface area contributed by atoms with Gasteiger partial charge in [0.1, 0.15) is 24.1 Å². The molecule has 5 rings (SSSR count). The van der Waals surface area contributed by atoms with Gasteiger partial charge in [0.25, 0.3) is 5.56 Å². The lowest BCUT2D eigenvalue weighted by atomic mass is 9.95. The zero-order chi connectivity index (χ0) is 28.9. The lowest BCUT2D eigenvalue weighted by Gasteiger charge is -2.26. The Morgan fingerprint density at radius 2 is 1.68 bits per heavy atom. The van der Waals surface area contributed by atoms with E-state index in [0.717, 1.165) is 11.1 Å². The van der Waals surface area contributed by atoms with Crippen LogP contribution in [-0.2, 0) is 16.1 Å². The molecule has 8 heteroatoms. The normalized spacial score (nSPS) is 15.0. The molecule has 0 fully saturated rings. The van der Waals surface area contributed by atoms with Crippen molar-refractivity contribution in [3.8, 4) is 11.5 Å². The van der Waals surface area contributed by atoms with E-state index >= 15 is 0 Å². The zero-order valence-corrected chi connectivity index (χ0v) is 24.3. The minimum atomic E-state index is -0.757. The van der Waals surface area contributed by atoms with Crippen LogP contribution in [0.25, 0.3) is 6.08 Å². The maximum Gasteiger partial charge on any atom is 0.338 e. The Kier molecular flexibility index (Phi) is 8.50. The van der Waals surface area contributed by atoms with Gasteiger partial charge in [-0.25, -0.2) is 9.79 Å². The number of carbonyl (C=O) groups excluding carboxylic acids is 1. The van der Waals surface area contributed by atoms with Crippen LogP contribution in [0.5, 0.6) is 11.5 Å². The first-order valence-electron chi connectivity index (χ1n) is 13.6. The number of ether oxygens (including phenoxy) is 3. The number of nitrogens with zero attached hydrogens (tertiary/aromatic N) is 2. The molecular formula is C33H32N2O5S. The van der Waals surface area contributed by atoms with E-state index in [4.69, 9.17) is 14.2 Å². The molecule has 0 aliphatic carbocycles. The topological polar surface area (TPSA) is 79.1 Å². The van der Waals surface area contributed by atoms with Crippen molar-refractivity contribution in [3.05, 3.63) is 127 Å². The van der Waals surface area contributed by atoms with Gasteiger partial charge in [0.15, 0.2) is 4.80 Å². The Labute approximate surface area is 242 Å². The van der Waals surface area contributed by atoms with Crippen molar-refractivity contribution < 1.29 is 19.0 Å². The Hall–Kier alpha value is -4.43. The fraction of sp³-hybridized carbons (Fsp3) is 0.242. The molecule has 1 aliphatic heterocycles. The lowest BCUT2D eigenvalue weighted by molar-refractivity contribution is -0.139. The summed E-state index contributed by atoms with van der Waals surface area (Å²) in [5, 5.41) is 0. The van der Waals surface area contributed by atoms with Crippen LogP contribution in [0, 0.1) is 0 Å². The molecule has 0 saturated heterocycles. The maximum absolute atomic E-state index is 14.1. The molecule has 41 heavy (non-hydrogen) atoms. The van der Waals surface area contributed by atoms with Crippen LogP contribution in [0.1, 0.15) is 50.4 Å². The number of thiazole rings is 1. The number of allylic oxidation sites excluding steroid dienone is 1. The second-order valence-corrected chi connectivity index (χ2v) is 10.8. The molecule has 0 spiro atoms. The van der Waals surface area contributed by atoms with Gasteiger partial charge in [-0.1, -0.05) is 78.1 Å². The van der Waals surface area contributed by atoms with E-state index in [1.807, 2.05) is 98.8 Å². The number of fused-ring (bicyclic) bond motifs is 1. The lowest BCUT2D eigenvalue weighted by Crippen LogP contribution is -2.40. The molecule has 7 nitrogen and oxygen atoms in total. The number of hydrogen-bond acceptors (Lipinski definition) is 7. The number of rotatable bonds is 9. The summed E-state index contributed by atoms with van der Waals surface area (Å²) >= 11 is 1.27. The fourth-order valence-corrected chi connectivity index (χ4v) is 5.80. The van der Waals surface area contributed by atoms with Crippen molar-refractivity contribution in [1.82, 2.24) is 4.57 Å². The van der Waals surface area contributed by atoms with Crippen molar-refractivity contribution in [2.45, 2.75) is 46.4 Å². The van der Waals surface area contributed by atoms with Gasteiger partial charge in [-0.15, -0.1) is 0 Å². The molecule has 0 bridgehead atoms. The molecule has 210 valence electrons. The molecule has 0 radical (unpaired) electrons. The van der Waals surface area contributed by atoms with E-state index in [2.05, 4.69) is 4.99 Å². The summed E-state index contributed by atoms with van der Waals surface area (Å²) in [6.45, 7) is 8.01. The van der Waals surface area contributed by atoms with Crippen LogP contribution in [0.2, 0.25) is 0 Å². The number of esters is 1. The standard InChI is InChI=1S/C33H32N2O5S/c1-5-38-32(37)29-22(4)34-33-35(30(29)25-16-10-12-18-27(25)40-21(2)3)31(36)28(41-33)19-24-15-9-11-17-26(24)39-20-23-13-7-6-8-14-23/h6-19,21,30H,5,20H2,1-4H3/b28-19-/t30-/m0/s1. The van der Waals surface area contributed by atoms with E-state index in [9.17, 15) is 9.59 Å². The third-order valence-corrected chi connectivity index (χ3v) is 7.52. The number of para-hydroxylation sites is 2. The predicted molar refractivity (Wildman–Crippen MR) is 160 cm³/mol. The summed E-state index contributed by atoms with van der Waals surface area (Å²) in [6, 6.07) is 24.2. The molecule has 1 atom stereocenters. The highest BCUT2D eigenvalue weighted by atomic mass is 32.1. The van der Waals surface area contributed by atoms with E-state index < -0.39 is 12.0 Å². The quantitative estimate of drug-likeness (QED) is 0.261. The van der Waals surface area contributed by atoms with Crippen molar-refractivity contribution >= 4 is 23.4 Å². The first-order chi connectivity index (χ1) is 19.9. The predicted octanol–water partition coefficient (Wildman–Crippen LogP) is 5.16. The third-order valence-electron chi connectivity index (χ3n) is 6.54. The average molecular weight is 569 g/mol. The van der Waals surface area contributed by atoms with Crippen LogP contribution >= 0.6 is 11.3 Å². The van der Waals surface area contributed by atoms with Crippen LogP contribution < -0.4 is 24.4 Å². The van der Waals surface area contributed by atoms with E-state index in [0.29, 0.717) is 44.3 Å². The molecule has 3 aromatic carbocycles. The van der Waals surface area contributed by atoms with Crippen molar-refractivity contribution in [2.24, 2.45) is 4.99 Å². The largest absolute Gasteiger partial charge is 0.491 e. The molecule has 0 N–H and O–H groups in total. The summed E-state index contributed by atoms with van der Waals surface area (Å²) in [4.78, 5) is 32.5. The SMILES string of the molecule is CCOC(=O)C1=C(C)N=c2s/c(=C\c3ccccc3OCc3ccccc3)c(=O)n2[C@H]1c1ccccc1OC(C)C. The Morgan fingerprint density at radius 3 is 2.41 bits per heavy atom. The first-order valence-corrected chi connectivity index (χ1v) is 14.4. The second kappa shape index (κ2) is 12.4. The second-order valence-electron chi connectivity index (χ2n) is 9.82. The molecule has 2 heterocycles. The highest BCUT2D eigenvalue weighted by Crippen LogP contribution is 2.36. The van der Waals surface area contributed by atoms with Gasteiger partial charge in [0.05, 0.1) is 28.5 Å². The Bertz CT molecular complexity index is 1770. The number of carbonyl (C=O) groups is 1. The molecule has 0 saturated carbocycles. The summed E-state index contributed by atoms with van der Waals surface area (Å²) in [6.07, 6.45) is 1.72. The number of hydrogen-bond donors (Lipinski definition) is 0. The minimum Gasteiger partial charge on any atom is -0.491 e. The van der Waals surface area contributed by atoms with Gasteiger partial charge in [0, 0.05) is 11.1 Å². The van der Waals surface area contributed by atoms with Gasteiger partial charge >= 0.3 is 5.97 Å². The van der Waals surface area contributed by atoms with Crippen LogP contribution in [-0.4, -0.2) is 23.2 Å². The summed E-state index contributed by atoms with van der Waals surface area (Å²) in [5.41, 5.74) is 3.08. The molecule has 1 aromatic heterocycles. The van der Waals surface area contributed by atoms with Gasteiger partial charge < -0.3 is 14.2 Å². The molecule has 0 unspecified atom stereocenters. The number of benzene rings is 3. The Balaban J connectivity index is 1.64. The monoisotopic (exact) mass is 568 g/mol. The third kappa shape index (κ3) is 6.02. The Morgan fingerprint density at radius 1 is 1.00 bits per heavy atom. The van der Waals surface area contributed by atoms with Gasteiger partial charge in [-0.05, 0) is 51.5 Å². The van der Waals surface area contributed by atoms with Crippen molar-refractivity contribution in [2.75, 3.05) is 6.61 Å². The average Bonchev–Trinajstić information content (AvgIpc) is 3.26. The van der Waals surface area contributed by atoms with Gasteiger partial charge in [-0.3, -0.25) is 9.36 Å². The minimum absolute atomic E-state index is 0.101. The summed E-state index contributed by atoms with van der Waals surface area (Å²) in [5.74, 6) is 0.753. The number of aromatic nitrogens is 1. The van der Waals surface area contributed by atoms with Crippen molar-refractivity contribution in [1.29, 1.82) is 0 Å². The molecular weight excluding hydrogens is 536 g/mol.